The first-order valence-electron chi connectivity index (χ1n) is 8.83. The van der Waals surface area contributed by atoms with Gasteiger partial charge in [-0.25, -0.2) is 0 Å². The highest BCUT2D eigenvalue weighted by Gasteiger charge is 2.26. The van der Waals surface area contributed by atoms with E-state index in [1.807, 2.05) is 30.9 Å². The van der Waals surface area contributed by atoms with Gasteiger partial charge in [-0.05, 0) is 69.2 Å². The fraction of sp³-hybridized carbons (Fsp3) is 0.632. The highest BCUT2D eigenvalue weighted by molar-refractivity contribution is 5.77. The minimum absolute atomic E-state index is 0.103. The van der Waals surface area contributed by atoms with Crippen molar-refractivity contribution in [2.75, 3.05) is 26.2 Å². The lowest BCUT2D eigenvalue weighted by Crippen LogP contribution is -2.46. The summed E-state index contributed by atoms with van der Waals surface area (Å²) < 4.78 is 5.74. The Bertz CT molecular complexity index is 546. The van der Waals surface area contributed by atoms with E-state index in [-0.39, 0.29) is 12.5 Å². The SMILES string of the molecule is Cc1ccc(C)c(OCC(=O)N2CCC(NCC3CC3)CC2)c1. The molecular formula is C19H28N2O2. The smallest absolute Gasteiger partial charge is 0.260 e. The number of piperidine rings is 1. The summed E-state index contributed by atoms with van der Waals surface area (Å²) in [4.78, 5) is 14.3. The Hall–Kier alpha value is -1.55. The van der Waals surface area contributed by atoms with Crippen molar-refractivity contribution in [3.63, 3.8) is 0 Å². The van der Waals surface area contributed by atoms with Crippen LogP contribution in [0.25, 0.3) is 0 Å². The molecule has 1 saturated heterocycles. The second-order valence-corrected chi connectivity index (χ2v) is 7.06. The van der Waals surface area contributed by atoms with Crippen LogP contribution in [-0.2, 0) is 4.79 Å². The van der Waals surface area contributed by atoms with E-state index in [0.717, 1.165) is 55.3 Å². The molecule has 126 valence electrons. The molecule has 1 aromatic rings. The maximum absolute atomic E-state index is 12.3. The van der Waals surface area contributed by atoms with Crippen molar-refractivity contribution in [2.45, 2.75) is 45.6 Å². The van der Waals surface area contributed by atoms with Crippen LogP contribution in [0.4, 0.5) is 0 Å². The summed E-state index contributed by atoms with van der Waals surface area (Å²) in [7, 11) is 0. The average molecular weight is 316 g/mol. The van der Waals surface area contributed by atoms with Crippen LogP contribution in [0.3, 0.4) is 0 Å². The predicted molar refractivity (Wildman–Crippen MR) is 91.7 cm³/mol. The molecule has 2 aliphatic rings. The van der Waals surface area contributed by atoms with Gasteiger partial charge in [-0.1, -0.05) is 12.1 Å². The van der Waals surface area contributed by atoms with E-state index in [1.54, 1.807) is 0 Å². The van der Waals surface area contributed by atoms with Crippen LogP contribution in [0.2, 0.25) is 0 Å². The maximum Gasteiger partial charge on any atom is 0.260 e. The molecule has 0 unspecified atom stereocenters. The summed E-state index contributed by atoms with van der Waals surface area (Å²) >= 11 is 0. The molecule has 2 fully saturated rings. The summed E-state index contributed by atoms with van der Waals surface area (Å²) in [5.74, 6) is 1.84. The normalized spacial score (nSPS) is 19.0. The van der Waals surface area contributed by atoms with Gasteiger partial charge in [0.15, 0.2) is 6.61 Å². The lowest BCUT2D eigenvalue weighted by molar-refractivity contribution is -0.134. The first-order chi connectivity index (χ1) is 11.1. The van der Waals surface area contributed by atoms with E-state index in [4.69, 9.17) is 4.74 Å². The number of likely N-dealkylation sites (tertiary alicyclic amines) is 1. The van der Waals surface area contributed by atoms with Crippen molar-refractivity contribution < 1.29 is 9.53 Å². The second-order valence-electron chi connectivity index (χ2n) is 7.06. The molecule has 1 N–H and O–H groups in total. The van der Waals surface area contributed by atoms with E-state index in [9.17, 15) is 4.79 Å². The van der Waals surface area contributed by atoms with Gasteiger partial charge in [-0.15, -0.1) is 0 Å². The number of carbonyl (C=O) groups excluding carboxylic acids is 1. The molecular weight excluding hydrogens is 288 g/mol. The Balaban J connectivity index is 1.41. The summed E-state index contributed by atoms with van der Waals surface area (Å²) in [6.45, 7) is 7.04. The summed E-state index contributed by atoms with van der Waals surface area (Å²) in [6.07, 6.45) is 4.89. The van der Waals surface area contributed by atoms with Gasteiger partial charge in [-0.2, -0.15) is 0 Å². The van der Waals surface area contributed by atoms with Gasteiger partial charge in [0, 0.05) is 19.1 Å². The lowest BCUT2D eigenvalue weighted by atomic mass is 10.0. The fourth-order valence-electron chi connectivity index (χ4n) is 3.08. The van der Waals surface area contributed by atoms with Crippen molar-refractivity contribution in [1.82, 2.24) is 10.2 Å². The van der Waals surface area contributed by atoms with Crippen molar-refractivity contribution in [1.29, 1.82) is 0 Å². The first kappa shape index (κ1) is 16.3. The average Bonchev–Trinajstić information content (AvgIpc) is 3.38. The van der Waals surface area contributed by atoms with Crippen molar-refractivity contribution in [3.05, 3.63) is 29.3 Å². The van der Waals surface area contributed by atoms with Crippen molar-refractivity contribution >= 4 is 5.91 Å². The van der Waals surface area contributed by atoms with Crippen molar-refractivity contribution in [2.24, 2.45) is 5.92 Å². The standard InChI is InChI=1S/C19H28N2O2/c1-14-3-4-15(2)18(11-14)23-13-19(22)21-9-7-17(8-10-21)20-12-16-5-6-16/h3-4,11,16-17,20H,5-10,12-13H2,1-2H3. The summed E-state index contributed by atoms with van der Waals surface area (Å²) in [6, 6.07) is 6.67. The molecule has 1 heterocycles. The number of nitrogens with one attached hydrogen (secondary N) is 1. The molecule has 0 spiro atoms. The van der Waals surface area contributed by atoms with E-state index in [2.05, 4.69) is 11.4 Å². The summed E-state index contributed by atoms with van der Waals surface area (Å²) in [5, 5.41) is 3.65. The third kappa shape index (κ3) is 4.71. The van der Waals surface area contributed by atoms with Gasteiger partial charge in [-0.3, -0.25) is 4.79 Å². The highest BCUT2D eigenvalue weighted by Crippen LogP contribution is 2.28. The zero-order valence-corrected chi connectivity index (χ0v) is 14.3. The molecule has 3 rings (SSSR count). The quantitative estimate of drug-likeness (QED) is 0.877. The minimum atomic E-state index is 0.103. The number of amides is 1. The fourth-order valence-corrected chi connectivity index (χ4v) is 3.08. The number of hydrogen-bond acceptors (Lipinski definition) is 3. The zero-order valence-electron chi connectivity index (χ0n) is 14.3. The number of aryl methyl sites for hydroxylation is 2. The number of rotatable bonds is 6. The number of hydrogen-bond donors (Lipinski definition) is 1. The highest BCUT2D eigenvalue weighted by atomic mass is 16.5. The topological polar surface area (TPSA) is 41.6 Å². The van der Waals surface area contributed by atoms with Crippen LogP contribution in [0, 0.1) is 19.8 Å². The van der Waals surface area contributed by atoms with E-state index in [0.29, 0.717) is 6.04 Å². The van der Waals surface area contributed by atoms with Crippen LogP contribution in [0.5, 0.6) is 5.75 Å². The minimum Gasteiger partial charge on any atom is -0.483 e. The monoisotopic (exact) mass is 316 g/mol. The molecule has 4 nitrogen and oxygen atoms in total. The number of benzene rings is 1. The van der Waals surface area contributed by atoms with Crippen LogP contribution in [0.15, 0.2) is 18.2 Å². The van der Waals surface area contributed by atoms with E-state index < -0.39 is 0 Å². The molecule has 4 heteroatoms. The van der Waals surface area contributed by atoms with Crippen molar-refractivity contribution in [3.8, 4) is 5.75 Å². The molecule has 1 aliphatic carbocycles. The Labute approximate surface area is 139 Å². The van der Waals surface area contributed by atoms with Crippen LogP contribution in [-0.4, -0.2) is 43.1 Å². The van der Waals surface area contributed by atoms with Gasteiger partial charge in [0.25, 0.3) is 5.91 Å². The van der Waals surface area contributed by atoms with Gasteiger partial charge in [0.2, 0.25) is 0 Å². The predicted octanol–water partition coefficient (Wildman–Crippen LogP) is 2.67. The molecule has 23 heavy (non-hydrogen) atoms. The third-order valence-corrected chi connectivity index (χ3v) is 4.93. The molecule has 0 aromatic heterocycles. The number of nitrogens with zero attached hydrogens (tertiary/aromatic N) is 1. The number of ether oxygens (including phenoxy) is 1. The molecule has 0 radical (unpaired) electrons. The zero-order chi connectivity index (χ0) is 16.2. The molecule has 1 aromatic carbocycles. The third-order valence-electron chi connectivity index (χ3n) is 4.93. The summed E-state index contributed by atoms with van der Waals surface area (Å²) in [5.41, 5.74) is 2.23. The lowest BCUT2D eigenvalue weighted by Gasteiger charge is -2.32. The van der Waals surface area contributed by atoms with Gasteiger partial charge in [0.05, 0.1) is 0 Å². The molecule has 1 amide bonds. The Morgan fingerprint density at radius 2 is 1.96 bits per heavy atom. The maximum atomic E-state index is 12.3. The molecule has 1 saturated carbocycles. The van der Waals surface area contributed by atoms with E-state index in [1.165, 1.54) is 12.8 Å². The molecule has 0 bridgehead atoms. The van der Waals surface area contributed by atoms with Gasteiger partial charge in [0.1, 0.15) is 5.75 Å². The number of carbonyl (C=O) groups is 1. The van der Waals surface area contributed by atoms with Gasteiger partial charge >= 0.3 is 0 Å². The Morgan fingerprint density at radius 1 is 1.22 bits per heavy atom. The Morgan fingerprint density at radius 3 is 2.65 bits per heavy atom. The van der Waals surface area contributed by atoms with Crippen LogP contribution >= 0.6 is 0 Å². The first-order valence-corrected chi connectivity index (χ1v) is 8.83. The second kappa shape index (κ2) is 7.35. The van der Waals surface area contributed by atoms with Gasteiger partial charge < -0.3 is 15.0 Å². The van der Waals surface area contributed by atoms with Crippen LogP contribution < -0.4 is 10.1 Å². The molecule has 0 atom stereocenters. The molecule has 1 aliphatic heterocycles. The van der Waals surface area contributed by atoms with Crippen LogP contribution in [0.1, 0.15) is 36.8 Å². The largest absolute Gasteiger partial charge is 0.483 e. The Kier molecular flexibility index (Phi) is 5.21. The van der Waals surface area contributed by atoms with E-state index >= 15 is 0 Å².